The van der Waals surface area contributed by atoms with E-state index < -0.39 is 32.4 Å². The first-order valence-electron chi connectivity index (χ1n) is 18.9. The number of methoxy groups -OCH3 is 1. The Morgan fingerprint density at radius 1 is 0.755 bits per heavy atom. The quantitative estimate of drug-likeness (QED) is 0.0552. The highest BCUT2D eigenvalue weighted by atomic mass is 31.1. The Morgan fingerprint density at radius 3 is 1.89 bits per heavy atom. The molecule has 2 aromatic carbocycles. The zero-order valence-electron chi connectivity index (χ0n) is 31.7. The van der Waals surface area contributed by atoms with Crippen molar-refractivity contribution in [2.24, 2.45) is 0 Å². The number of carbonyl (C=O) groups excluding carboxylic acids is 2. The van der Waals surface area contributed by atoms with Crippen LogP contribution in [-0.4, -0.2) is 83.7 Å². The van der Waals surface area contributed by atoms with E-state index in [0.717, 1.165) is 43.6 Å². The minimum Gasteiger partial charge on any atom is -0.480 e. The zero-order chi connectivity index (χ0) is 39.1. The van der Waals surface area contributed by atoms with Gasteiger partial charge in [0.25, 0.3) is 0 Å². The third-order valence-corrected chi connectivity index (χ3v) is 9.34. The van der Waals surface area contributed by atoms with E-state index >= 15 is 0 Å². The van der Waals surface area contributed by atoms with Gasteiger partial charge in [0, 0.05) is 26.6 Å². The molecule has 0 spiro atoms. The molecule has 0 heterocycles. The second kappa shape index (κ2) is 31.0. The van der Waals surface area contributed by atoms with Crippen LogP contribution in [0.3, 0.4) is 0 Å². The first kappa shape index (κ1) is 47.6. The zero-order valence-corrected chi connectivity index (χ0v) is 32.6. The summed E-state index contributed by atoms with van der Waals surface area (Å²) in [4.78, 5) is 36.4. The Morgan fingerprint density at radius 2 is 1.34 bits per heavy atom. The molecule has 1 amide bonds. The highest BCUT2D eigenvalue weighted by molar-refractivity contribution is 7.40. The summed E-state index contributed by atoms with van der Waals surface area (Å²) in [7, 11) is -1.23. The number of nitrogens with zero attached hydrogens (tertiary/aromatic N) is 1. The van der Waals surface area contributed by atoms with Crippen molar-refractivity contribution in [3.05, 3.63) is 65.7 Å². The standard InChI is InChI=1S/C22H44O4.C18H18NO7P/c1-3-4-5-13-16-21(24)17-14-11-9-7-6-8-10-12-15-18-26-20-22(19-23)25-2;20-11-16(17(21)22)19(10-14-7-4-8-15(9-14)27(24)25)18(23)26-12-13-5-2-1-3-6-13/h22-23H,3-20H2,1-2H3;1-9,16,20H,10-12H2,(H,21,22)/t;16-/m.0/s1. The second-order valence-corrected chi connectivity index (χ2v) is 14.1. The van der Waals surface area contributed by atoms with Gasteiger partial charge in [-0.2, -0.15) is 0 Å². The van der Waals surface area contributed by atoms with Crippen molar-refractivity contribution in [2.45, 2.75) is 129 Å². The number of Topliss-reactive ketones (excluding diaryl/α,β-unsaturated/α-hetero) is 1. The molecule has 0 fully saturated rings. The lowest BCUT2D eigenvalue weighted by Gasteiger charge is -2.27. The normalized spacial score (nSPS) is 11.9. The molecule has 3 N–H and O–H groups in total. The molecule has 2 atom stereocenters. The van der Waals surface area contributed by atoms with Crippen LogP contribution in [0.4, 0.5) is 4.79 Å². The summed E-state index contributed by atoms with van der Waals surface area (Å²) in [6, 6.07) is 13.0. The minimum atomic E-state index is -2.82. The number of rotatable bonds is 29. The molecular weight excluding hydrogens is 701 g/mol. The molecule has 0 aliphatic heterocycles. The number of benzene rings is 2. The molecular formula is C40H62NO11P. The van der Waals surface area contributed by atoms with Crippen molar-refractivity contribution >= 4 is 30.8 Å². The van der Waals surface area contributed by atoms with Crippen LogP contribution in [0.1, 0.15) is 114 Å². The molecule has 0 saturated carbocycles. The maximum absolute atomic E-state index is 12.5. The second-order valence-electron chi connectivity index (χ2n) is 13.0. The lowest BCUT2D eigenvalue weighted by Crippen LogP contribution is -2.47. The van der Waals surface area contributed by atoms with E-state index in [1.807, 2.05) is 0 Å². The first-order valence-corrected chi connectivity index (χ1v) is 20.1. The Kier molecular flexibility index (Phi) is 27.8. The maximum atomic E-state index is 12.5. The first-order chi connectivity index (χ1) is 25.7. The average Bonchev–Trinajstić information content (AvgIpc) is 3.16. The van der Waals surface area contributed by atoms with Gasteiger partial charge < -0.3 is 29.5 Å². The van der Waals surface area contributed by atoms with Crippen LogP contribution in [0.15, 0.2) is 54.6 Å². The van der Waals surface area contributed by atoms with E-state index in [-0.39, 0.29) is 31.2 Å². The number of unbranched alkanes of at least 4 members (excludes halogenated alkanes) is 11. The highest BCUT2D eigenvalue weighted by Gasteiger charge is 2.30. The number of aliphatic carboxylic acids is 1. The van der Waals surface area contributed by atoms with Gasteiger partial charge in [0.2, 0.25) is 0 Å². The number of carbonyl (C=O) groups is 3. The molecule has 12 nitrogen and oxygen atoms in total. The van der Waals surface area contributed by atoms with Gasteiger partial charge in [0.05, 0.1) is 31.7 Å². The van der Waals surface area contributed by atoms with Crippen molar-refractivity contribution in [1.29, 1.82) is 0 Å². The third kappa shape index (κ3) is 23.1. The van der Waals surface area contributed by atoms with Crippen LogP contribution in [0.25, 0.3) is 0 Å². The predicted molar refractivity (Wildman–Crippen MR) is 204 cm³/mol. The number of hydrogen-bond acceptors (Lipinski definition) is 10. The molecule has 0 aliphatic carbocycles. The lowest BCUT2D eigenvalue weighted by atomic mass is 10.0. The summed E-state index contributed by atoms with van der Waals surface area (Å²) in [5, 5.41) is 27.7. The van der Waals surface area contributed by atoms with E-state index in [9.17, 15) is 33.7 Å². The number of aliphatic hydroxyl groups excluding tert-OH is 2. The smallest absolute Gasteiger partial charge is 0.411 e. The number of ketones is 1. The maximum Gasteiger partial charge on any atom is 0.411 e. The van der Waals surface area contributed by atoms with Crippen LogP contribution in [0, 0.1) is 0 Å². The summed E-state index contributed by atoms with van der Waals surface area (Å²) >= 11 is 0. The molecule has 0 aromatic heterocycles. The largest absolute Gasteiger partial charge is 0.480 e. The van der Waals surface area contributed by atoms with E-state index in [1.165, 1.54) is 82.4 Å². The molecule has 0 saturated heterocycles. The monoisotopic (exact) mass is 763 g/mol. The summed E-state index contributed by atoms with van der Waals surface area (Å²) in [6.45, 7) is 2.34. The van der Waals surface area contributed by atoms with Crippen molar-refractivity contribution in [3.8, 4) is 0 Å². The van der Waals surface area contributed by atoms with Gasteiger partial charge >= 0.3 is 19.7 Å². The van der Waals surface area contributed by atoms with Crippen LogP contribution < -0.4 is 5.30 Å². The molecule has 298 valence electrons. The Bertz CT molecular complexity index is 1330. The number of carboxylic acid groups (broad SMARTS) is 1. The number of hydrogen-bond donors (Lipinski definition) is 3. The molecule has 53 heavy (non-hydrogen) atoms. The van der Waals surface area contributed by atoms with E-state index in [1.54, 1.807) is 43.5 Å². The van der Waals surface area contributed by atoms with Crippen LogP contribution in [0.2, 0.25) is 0 Å². The number of ether oxygens (including phenoxy) is 3. The molecule has 0 aliphatic rings. The molecule has 2 rings (SSSR count). The average molecular weight is 764 g/mol. The number of amides is 1. The molecule has 2 aromatic rings. The number of carboxylic acids is 1. The molecule has 1 unspecified atom stereocenters. The van der Waals surface area contributed by atoms with Crippen LogP contribution in [-0.2, 0) is 46.1 Å². The van der Waals surface area contributed by atoms with Crippen molar-refractivity contribution in [3.63, 3.8) is 0 Å². The van der Waals surface area contributed by atoms with Gasteiger partial charge in [-0.15, -0.1) is 0 Å². The van der Waals surface area contributed by atoms with E-state index in [2.05, 4.69) is 6.92 Å². The summed E-state index contributed by atoms with van der Waals surface area (Å²) in [6.07, 6.45) is 16.3. The van der Waals surface area contributed by atoms with Gasteiger partial charge in [-0.25, -0.2) is 18.7 Å². The highest BCUT2D eigenvalue weighted by Crippen LogP contribution is 2.15. The van der Waals surface area contributed by atoms with Crippen molar-refractivity contribution in [2.75, 3.05) is 33.5 Å². The Labute approximate surface area is 316 Å². The van der Waals surface area contributed by atoms with Gasteiger partial charge in [0.1, 0.15) is 18.5 Å². The van der Waals surface area contributed by atoms with E-state index in [4.69, 9.17) is 19.3 Å². The molecule has 0 bridgehead atoms. The molecule has 13 heteroatoms. The van der Waals surface area contributed by atoms with Gasteiger partial charge in [-0.05, 0) is 42.5 Å². The van der Waals surface area contributed by atoms with Gasteiger partial charge in [0.15, 0.2) is 6.04 Å². The van der Waals surface area contributed by atoms with Gasteiger partial charge in [-0.1, -0.05) is 114 Å². The van der Waals surface area contributed by atoms with Gasteiger partial charge in [-0.3, -0.25) is 9.69 Å². The van der Waals surface area contributed by atoms with Crippen molar-refractivity contribution < 1.29 is 53.0 Å². The topological polar surface area (TPSA) is 177 Å². The summed E-state index contributed by atoms with van der Waals surface area (Å²) < 4.78 is 38.0. The third-order valence-electron chi connectivity index (χ3n) is 8.64. The fraction of sp³-hybridized carbons (Fsp3) is 0.625. The minimum absolute atomic E-state index is 0.0175. The Balaban J connectivity index is 0.000000531. The summed E-state index contributed by atoms with van der Waals surface area (Å²) in [5.41, 5.74) is 1.11. The SMILES string of the molecule is CCCCCCC(=O)CCCCCCCCCCCOCC(CO)OC.O=C(O)[C@H](CO)N(Cc1cccc(P(=O)=O)c1)C(=O)OCc1ccccc1. The number of aliphatic hydroxyl groups is 2. The predicted octanol–water partition coefficient (Wildman–Crippen LogP) is 7.52. The molecule has 0 radical (unpaired) electrons. The fourth-order valence-corrected chi connectivity index (χ4v) is 5.91. The fourth-order valence-electron chi connectivity index (χ4n) is 5.43. The van der Waals surface area contributed by atoms with Crippen LogP contribution >= 0.6 is 7.68 Å². The lowest BCUT2D eigenvalue weighted by molar-refractivity contribution is -0.144. The summed E-state index contributed by atoms with van der Waals surface area (Å²) in [5.74, 6) is -0.931. The van der Waals surface area contributed by atoms with Crippen molar-refractivity contribution in [1.82, 2.24) is 4.90 Å². The Hall–Kier alpha value is -3.41. The van der Waals surface area contributed by atoms with Crippen LogP contribution in [0.5, 0.6) is 0 Å². The van der Waals surface area contributed by atoms with E-state index in [0.29, 0.717) is 23.5 Å².